The van der Waals surface area contributed by atoms with Crippen LogP contribution in [-0.2, 0) is 28.6 Å². The maximum absolute atomic E-state index is 12.9. The summed E-state index contributed by atoms with van der Waals surface area (Å²) in [7, 11) is 0. The van der Waals surface area contributed by atoms with Crippen molar-refractivity contribution in [3.05, 3.63) is 158 Å². The molecule has 1 unspecified atom stereocenters. The lowest BCUT2D eigenvalue weighted by atomic mass is 10.1. The first-order valence-electron chi connectivity index (χ1n) is 33.0. The molecule has 0 aromatic heterocycles. The van der Waals surface area contributed by atoms with E-state index in [1.54, 1.807) is 0 Å². The van der Waals surface area contributed by atoms with Gasteiger partial charge in [0, 0.05) is 19.3 Å². The van der Waals surface area contributed by atoms with Gasteiger partial charge in [-0.3, -0.25) is 14.4 Å². The molecule has 0 rings (SSSR count). The number of carbonyl (C=O) groups is 3. The third-order valence-corrected chi connectivity index (χ3v) is 13.5. The van der Waals surface area contributed by atoms with Crippen molar-refractivity contribution in [3.8, 4) is 0 Å². The predicted molar refractivity (Wildman–Crippen MR) is 352 cm³/mol. The third-order valence-electron chi connectivity index (χ3n) is 13.5. The van der Waals surface area contributed by atoms with Crippen molar-refractivity contribution in [3.63, 3.8) is 0 Å². The van der Waals surface area contributed by atoms with Crippen LogP contribution < -0.4 is 0 Å². The molecule has 6 heteroatoms. The van der Waals surface area contributed by atoms with Crippen LogP contribution in [0, 0.1) is 0 Å². The first-order valence-corrected chi connectivity index (χ1v) is 33.0. The van der Waals surface area contributed by atoms with E-state index in [2.05, 4.69) is 179 Å². The van der Waals surface area contributed by atoms with Crippen LogP contribution in [0.1, 0.15) is 278 Å². The van der Waals surface area contributed by atoms with Gasteiger partial charge in [-0.25, -0.2) is 0 Å². The summed E-state index contributed by atoms with van der Waals surface area (Å²) in [6.45, 7) is 6.43. The first kappa shape index (κ1) is 76.0. The van der Waals surface area contributed by atoms with E-state index in [1.165, 1.54) is 89.9 Å². The van der Waals surface area contributed by atoms with Gasteiger partial charge in [0.05, 0.1) is 0 Å². The molecule has 6 nitrogen and oxygen atoms in total. The number of carbonyl (C=O) groups excluding carboxylic acids is 3. The summed E-state index contributed by atoms with van der Waals surface area (Å²) in [5.74, 6) is -0.997. The summed E-state index contributed by atoms with van der Waals surface area (Å²) in [6, 6.07) is 0. The van der Waals surface area contributed by atoms with Crippen LogP contribution in [0.25, 0.3) is 0 Å². The number of allylic oxidation sites excluding steroid dienone is 26. The normalized spacial score (nSPS) is 13.2. The molecule has 0 aromatic carbocycles. The number of rotatable bonds is 58. The number of hydrogen-bond acceptors (Lipinski definition) is 6. The van der Waals surface area contributed by atoms with E-state index in [0.29, 0.717) is 19.3 Å². The maximum atomic E-state index is 12.9. The van der Waals surface area contributed by atoms with Crippen LogP contribution in [0.15, 0.2) is 158 Å². The SMILES string of the molecule is CC/C=C\C/C=C\C/C=C\C/C=C\C/C=C\C/C=C\C/C=C\C/C=C\C/C=C\CCCC(=O)OCC(COC(=O)CCCCCCC/C=C\CCCCCC)OC(=O)CCCCCCCC/C=C\C/C=C\C/C=C\CCCCCCC. The van der Waals surface area contributed by atoms with Gasteiger partial charge in [-0.1, -0.05) is 269 Å². The third kappa shape index (κ3) is 65.7. The van der Waals surface area contributed by atoms with Crippen molar-refractivity contribution in [1.29, 1.82) is 0 Å². The molecular formula is C75H120O6. The van der Waals surface area contributed by atoms with Crippen LogP contribution in [0.2, 0.25) is 0 Å². The highest BCUT2D eigenvalue weighted by atomic mass is 16.6. The first-order chi connectivity index (χ1) is 40.0. The largest absolute Gasteiger partial charge is 0.462 e. The molecule has 1 atom stereocenters. The molecule has 0 N–H and O–H groups in total. The topological polar surface area (TPSA) is 78.9 Å². The Hall–Kier alpha value is -4.97. The highest BCUT2D eigenvalue weighted by Gasteiger charge is 2.19. The fraction of sp³-hybridized carbons (Fsp3) is 0.613. The molecule has 0 saturated carbocycles. The van der Waals surface area contributed by atoms with Gasteiger partial charge in [0.1, 0.15) is 13.2 Å². The molecule has 0 heterocycles. The Balaban J connectivity index is 4.49. The molecule has 81 heavy (non-hydrogen) atoms. The molecule has 0 amide bonds. The summed E-state index contributed by atoms with van der Waals surface area (Å²) in [5, 5.41) is 0. The summed E-state index contributed by atoms with van der Waals surface area (Å²) < 4.78 is 16.9. The van der Waals surface area contributed by atoms with Crippen molar-refractivity contribution < 1.29 is 28.6 Å². The second kappa shape index (κ2) is 67.5. The van der Waals surface area contributed by atoms with Gasteiger partial charge in [-0.2, -0.15) is 0 Å². The quantitative estimate of drug-likeness (QED) is 0.0261. The molecule has 0 fully saturated rings. The molecular weight excluding hydrogens is 997 g/mol. The maximum Gasteiger partial charge on any atom is 0.306 e. The molecule has 0 spiro atoms. The van der Waals surface area contributed by atoms with E-state index in [4.69, 9.17) is 14.2 Å². The second-order valence-electron chi connectivity index (χ2n) is 21.3. The van der Waals surface area contributed by atoms with E-state index in [9.17, 15) is 14.4 Å². The van der Waals surface area contributed by atoms with Gasteiger partial charge in [0.25, 0.3) is 0 Å². The zero-order chi connectivity index (χ0) is 58.5. The second-order valence-corrected chi connectivity index (χ2v) is 21.3. The van der Waals surface area contributed by atoms with Crippen LogP contribution in [0.3, 0.4) is 0 Å². The Kier molecular flexibility index (Phi) is 63.4. The minimum Gasteiger partial charge on any atom is -0.462 e. The smallest absolute Gasteiger partial charge is 0.306 e. The molecule has 0 saturated heterocycles. The average Bonchev–Trinajstić information content (AvgIpc) is 3.46. The number of hydrogen-bond donors (Lipinski definition) is 0. The molecule has 0 aromatic rings. The van der Waals surface area contributed by atoms with Crippen LogP contribution >= 0.6 is 0 Å². The number of unbranched alkanes of at least 4 members (excludes halogenated alkanes) is 21. The molecule has 0 bridgehead atoms. The van der Waals surface area contributed by atoms with E-state index in [1.807, 2.05) is 0 Å². The molecule has 0 aliphatic rings. The van der Waals surface area contributed by atoms with Crippen molar-refractivity contribution in [2.24, 2.45) is 0 Å². The van der Waals surface area contributed by atoms with Crippen molar-refractivity contribution in [2.45, 2.75) is 284 Å². The molecule has 456 valence electrons. The molecule has 0 radical (unpaired) electrons. The lowest BCUT2D eigenvalue weighted by molar-refractivity contribution is -0.167. The van der Waals surface area contributed by atoms with Gasteiger partial charge in [-0.05, 0) is 148 Å². The van der Waals surface area contributed by atoms with Crippen LogP contribution in [0.5, 0.6) is 0 Å². The zero-order valence-electron chi connectivity index (χ0n) is 52.2. The minimum atomic E-state index is -0.821. The number of esters is 3. The van der Waals surface area contributed by atoms with E-state index >= 15 is 0 Å². The zero-order valence-corrected chi connectivity index (χ0v) is 52.2. The highest BCUT2D eigenvalue weighted by Crippen LogP contribution is 2.14. The standard InChI is InChI=1S/C75H120O6/c1-4-7-10-13-16-19-22-25-27-29-31-33-34-35-36-37-38-39-40-42-43-45-47-50-53-56-59-62-65-68-74(77)80-71-72(70-79-73(76)67-64-61-58-55-52-49-24-21-18-15-12-9-6-3)81-75(78)69-66-63-60-57-54-51-48-46-44-41-32-30-28-26-23-20-17-14-11-8-5-2/h7,10,16,19,21,23-27,30-33,35-36,38-39,42-44,46-47,50,56,59,72H,4-6,8-9,11-15,17-18,20,22,28-29,34,37,40-41,45,48-49,51-55,57-58,60-71H2,1-3H3/b10-7-,19-16-,24-21-,26-23-,27-25-,32-30-,33-31-,36-35-,39-38-,43-42-,46-44-,50-47-,59-56-. The summed E-state index contributed by atoms with van der Waals surface area (Å²) in [6.07, 6.45) is 98.2. The fourth-order valence-electron chi connectivity index (χ4n) is 8.56. The van der Waals surface area contributed by atoms with E-state index < -0.39 is 6.10 Å². The highest BCUT2D eigenvalue weighted by molar-refractivity contribution is 5.71. The van der Waals surface area contributed by atoms with E-state index in [0.717, 1.165) is 141 Å². The van der Waals surface area contributed by atoms with Crippen LogP contribution in [-0.4, -0.2) is 37.2 Å². The molecule has 0 aliphatic carbocycles. The summed E-state index contributed by atoms with van der Waals surface area (Å²) in [4.78, 5) is 38.3. The van der Waals surface area contributed by atoms with Gasteiger partial charge in [0.2, 0.25) is 0 Å². The van der Waals surface area contributed by atoms with Crippen molar-refractivity contribution in [2.75, 3.05) is 13.2 Å². The van der Waals surface area contributed by atoms with Crippen molar-refractivity contribution >= 4 is 17.9 Å². The summed E-state index contributed by atoms with van der Waals surface area (Å²) >= 11 is 0. The Bertz CT molecular complexity index is 1810. The minimum absolute atomic E-state index is 0.112. The lowest BCUT2D eigenvalue weighted by Gasteiger charge is -2.18. The Labute approximate surface area is 499 Å². The average molecular weight is 1120 g/mol. The van der Waals surface area contributed by atoms with Gasteiger partial charge in [-0.15, -0.1) is 0 Å². The fourth-order valence-corrected chi connectivity index (χ4v) is 8.56. The Morgan fingerprint density at radius 3 is 0.827 bits per heavy atom. The van der Waals surface area contributed by atoms with Crippen molar-refractivity contribution in [1.82, 2.24) is 0 Å². The van der Waals surface area contributed by atoms with Crippen LogP contribution in [0.4, 0.5) is 0 Å². The Morgan fingerprint density at radius 2 is 0.494 bits per heavy atom. The van der Waals surface area contributed by atoms with Gasteiger partial charge >= 0.3 is 17.9 Å². The lowest BCUT2D eigenvalue weighted by Crippen LogP contribution is -2.30. The monoisotopic (exact) mass is 1120 g/mol. The van der Waals surface area contributed by atoms with Gasteiger partial charge in [0.15, 0.2) is 6.10 Å². The Morgan fingerprint density at radius 1 is 0.259 bits per heavy atom. The molecule has 0 aliphatic heterocycles. The number of ether oxygens (including phenoxy) is 3. The summed E-state index contributed by atoms with van der Waals surface area (Å²) in [5.41, 5.74) is 0. The van der Waals surface area contributed by atoms with Gasteiger partial charge < -0.3 is 14.2 Å². The predicted octanol–water partition coefficient (Wildman–Crippen LogP) is 22.9. The van der Waals surface area contributed by atoms with E-state index in [-0.39, 0.29) is 37.5 Å².